The topological polar surface area (TPSA) is 228 Å². The average Bonchev–Trinajstić information content (AvgIpc) is 4.03. The van der Waals surface area contributed by atoms with Gasteiger partial charge in [0, 0.05) is 57.2 Å². The zero-order chi connectivity index (χ0) is 49.0. The lowest BCUT2D eigenvalue weighted by Crippen LogP contribution is -2.51. The maximum atomic E-state index is 9.77. The van der Waals surface area contributed by atoms with Crippen LogP contribution in [0.15, 0.2) is 43.1 Å². The molecule has 1 aliphatic carbocycles. The Bertz CT molecular complexity index is 2040. The number of hydrogen-bond donors (Lipinski definition) is 1. The fraction of sp³-hybridized carbons (Fsp3) is 0.688. The van der Waals surface area contributed by atoms with Gasteiger partial charge in [-0.1, -0.05) is 6.07 Å². The molecule has 6 rings (SSSR count). The molecule has 0 amide bonds. The summed E-state index contributed by atoms with van der Waals surface area (Å²) in [6, 6.07) is 8.40. The van der Waals surface area contributed by atoms with Crippen molar-refractivity contribution in [1.82, 2.24) is 44.9 Å². The highest BCUT2D eigenvalue weighted by Crippen LogP contribution is 2.36. The van der Waals surface area contributed by atoms with Crippen LogP contribution in [-0.4, -0.2) is 195 Å². The Kier molecular flexibility index (Phi) is 24.4. The van der Waals surface area contributed by atoms with Gasteiger partial charge in [0.2, 0.25) is 5.95 Å². The lowest BCUT2D eigenvalue weighted by atomic mass is 9.89. The van der Waals surface area contributed by atoms with E-state index in [2.05, 4.69) is 55.6 Å². The first-order valence-electron chi connectivity index (χ1n) is 24.5. The largest absolute Gasteiger partial charge is 0.487 e. The second-order valence-corrected chi connectivity index (χ2v) is 17.2. The lowest BCUT2D eigenvalue weighted by molar-refractivity contribution is -0.0852. The second kappa shape index (κ2) is 31.4. The molecule has 1 aromatic carbocycles. The summed E-state index contributed by atoms with van der Waals surface area (Å²) in [5, 5.41) is 29.3. The van der Waals surface area contributed by atoms with Crippen molar-refractivity contribution < 1.29 is 52.1 Å². The van der Waals surface area contributed by atoms with Crippen LogP contribution in [0, 0.1) is 11.3 Å². The maximum Gasteiger partial charge on any atom is 0.256 e. The molecule has 3 aromatic heterocycles. The Morgan fingerprint density at radius 1 is 0.743 bits per heavy atom. The number of rotatable bonds is 35. The van der Waals surface area contributed by atoms with Crippen LogP contribution in [-0.2, 0) is 49.2 Å². The van der Waals surface area contributed by atoms with Crippen LogP contribution in [0.5, 0.6) is 11.6 Å². The van der Waals surface area contributed by atoms with Gasteiger partial charge in [0.15, 0.2) is 0 Å². The van der Waals surface area contributed by atoms with Crippen molar-refractivity contribution in [2.24, 2.45) is 0 Å². The van der Waals surface area contributed by atoms with Crippen molar-refractivity contribution in [3.05, 3.63) is 48.7 Å². The third kappa shape index (κ3) is 19.3. The van der Waals surface area contributed by atoms with Gasteiger partial charge in [0.25, 0.3) is 5.88 Å². The third-order valence-electron chi connectivity index (χ3n) is 11.5. The number of methoxy groups -OCH3 is 1. The molecule has 3 atom stereocenters. The number of hydrogen-bond acceptors (Lipinski definition) is 20. The van der Waals surface area contributed by atoms with E-state index >= 15 is 0 Å². The van der Waals surface area contributed by atoms with Crippen molar-refractivity contribution >= 4 is 11.6 Å². The molecule has 22 heteroatoms. The molecule has 0 radical (unpaired) electrons. The van der Waals surface area contributed by atoms with Gasteiger partial charge in [-0.25, -0.2) is 14.6 Å². The summed E-state index contributed by atoms with van der Waals surface area (Å²) in [5.41, 5.74) is 2.66. The average molecular weight is 980 g/mol. The van der Waals surface area contributed by atoms with Crippen LogP contribution in [0.3, 0.4) is 0 Å². The molecule has 1 saturated heterocycles. The molecular formula is C48H73N11O11. The number of anilines is 2. The number of benzene rings is 1. The molecule has 4 aromatic rings. The molecule has 1 saturated carbocycles. The van der Waals surface area contributed by atoms with Gasteiger partial charge in [-0.05, 0) is 74.6 Å². The molecule has 2 aliphatic rings. The van der Waals surface area contributed by atoms with Crippen LogP contribution in [0.2, 0.25) is 0 Å². The first-order valence-corrected chi connectivity index (χ1v) is 24.5. The molecule has 386 valence electrons. The highest BCUT2D eigenvalue weighted by Gasteiger charge is 2.32. The van der Waals surface area contributed by atoms with Gasteiger partial charge in [0.1, 0.15) is 29.9 Å². The van der Waals surface area contributed by atoms with E-state index in [0.717, 1.165) is 49.9 Å². The van der Waals surface area contributed by atoms with E-state index in [4.69, 9.17) is 57.2 Å². The highest BCUT2D eigenvalue weighted by molar-refractivity contribution is 5.67. The number of morpholine rings is 1. The monoisotopic (exact) mass is 980 g/mol. The third-order valence-corrected chi connectivity index (χ3v) is 11.5. The second-order valence-electron chi connectivity index (χ2n) is 17.2. The Morgan fingerprint density at radius 2 is 1.31 bits per heavy atom. The molecule has 1 aliphatic heterocycles. The minimum Gasteiger partial charge on any atom is -0.487 e. The van der Waals surface area contributed by atoms with E-state index < -0.39 is 0 Å². The number of ether oxygens (including phenoxy) is 11. The quantitative estimate of drug-likeness (QED) is 0.0625. The predicted octanol–water partition coefficient (Wildman–Crippen LogP) is 4.53. The summed E-state index contributed by atoms with van der Waals surface area (Å²) in [7, 11) is 1.65. The van der Waals surface area contributed by atoms with E-state index in [9.17, 15) is 5.26 Å². The first kappa shape index (κ1) is 54.4. The maximum absolute atomic E-state index is 9.77. The molecular weight excluding hydrogens is 907 g/mol. The van der Waals surface area contributed by atoms with Crippen LogP contribution >= 0.6 is 0 Å². The Hall–Kier alpha value is -4.93. The Balaban J connectivity index is 0.899. The molecule has 0 unspecified atom stereocenters. The van der Waals surface area contributed by atoms with Gasteiger partial charge in [0.05, 0.1) is 136 Å². The van der Waals surface area contributed by atoms with Gasteiger partial charge in [-0.2, -0.15) is 5.26 Å². The van der Waals surface area contributed by atoms with E-state index in [-0.39, 0.29) is 24.4 Å². The standard InChI is InChI=1S/C48H73N11O11/c1-37-32-57(33-38(2)69-37)43-8-10-44(11-9-43)59-35-45(53-48-50-30-42(31-51-48)40-6-7-41(29-49)46(28-40)70-39(3)34-58-36-52-55-56-58)47(54-59)68-13-5-12-61-16-17-63-20-21-65-24-25-67-27-26-66-23-22-64-19-18-62-15-14-60-4/h6-7,28,30-31,35-39,43-44H,5,8-27,32-34H2,1-4H3,(H,50,51,53)/t37-,38+,39-,43-,44-/m0/s1. The fourth-order valence-electron chi connectivity index (χ4n) is 8.19. The van der Waals surface area contributed by atoms with Gasteiger partial charge in [-0.3, -0.25) is 9.58 Å². The van der Waals surface area contributed by atoms with Crippen molar-refractivity contribution in [2.45, 2.75) is 89.8 Å². The van der Waals surface area contributed by atoms with Crippen LogP contribution in [0.1, 0.15) is 64.5 Å². The summed E-state index contributed by atoms with van der Waals surface area (Å²) in [5.74, 6) is 1.33. The normalized spacial score (nSPS) is 19.0. The Morgan fingerprint density at radius 3 is 1.87 bits per heavy atom. The highest BCUT2D eigenvalue weighted by atomic mass is 16.6. The van der Waals surface area contributed by atoms with Gasteiger partial charge < -0.3 is 57.4 Å². The molecule has 22 nitrogen and oxygen atoms in total. The van der Waals surface area contributed by atoms with Crippen LogP contribution in [0.25, 0.3) is 11.1 Å². The summed E-state index contributed by atoms with van der Waals surface area (Å²) >= 11 is 0. The minimum absolute atomic E-state index is 0.240. The number of nitriles is 1. The lowest BCUT2D eigenvalue weighted by Gasteiger charge is -2.42. The first-order chi connectivity index (χ1) is 34.4. The summed E-state index contributed by atoms with van der Waals surface area (Å²) in [4.78, 5) is 11.9. The van der Waals surface area contributed by atoms with E-state index in [1.54, 1.807) is 30.3 Å². The van der Waals surface area contributed by atoms with Crippen LogP contribution < -0.4 is 14.8 Å². The molecule has 1 N–H and O–H groups in total. The zero-order valence-electron chi connectivity index (χ0n) is 41.4. The summed E-state index contributed by atoms with van der Waals surface area (Å²) in [6.07, 6.45) is 12.1. The zero-order valence-corrected chi connectivity index (χ0v) is 41.4. The predicted molar refractivity (Wildman–Crippen MR) is 256 cm³/mol. The van der Waals surface area contributed by atoms with Gasteiger partial charge >= 0.3 is 0 Å². The summed E-state index contributed by atoms with van der Waals surface area (Å²) < 4.78 is 65.9. The Labute approximate surface area is 411 Å². The van der Waals surface area contributed by atoms with Gasteiger partial charge in [-0.15, -0.1) is 10.2 Å². The fourth-order valence-corrected chi connectivity index (χ4v) is 8.19. The SMILES string of the molecule is COCCOCCOCCOCCOCCOCCOCCOCCCOc1nn([C@H]2CC[C@H](N3C[C@@H](C)O[C@@H](C)C3)CC2)cc1Nc1ncc(-c2ccc(C#N)c(O[C@@H](C)Cn3cnnn3)c2)cn1. The number of nitrogens with one attached hydrogen (secondary N) is 1. The molecule has 0 spiro atoms. The minimum atomic E-state index is -0.293. The summed E-state index contributed by atoms with van der Waals surface area (Å²) in [6.45, 7) is 16.6. The van der Waals surface area contributed by atoms with E-state index in [0.29, 0.717) is 154 Å². The number of nitrogens with zero attached hydrogens (tertiary/aromatic N) is 10. The van der Waals surface area contributed by atoms with Crippen LogP contribution in [0.4, 0.5) is 11.6 Å². The van der Waals surface area contributed by atoms with Crippen molar-refractivity contribution in [2.75, 3.05) is 131 Å². The molecule has 70 heavy (non-hydrogen) atoms. The molecule has 4 heterocycles. The molecule has 2 fully saturated rings. The smallest absolute Gasteiger partial charge is 0.256 e. The van der Waals surface area contributed by atoms with E-state index in [1.165, 1.54) is 6.33 Å². The van der Waals surface area contributed by atoms with Crippen molar-refractivity contribution in [3.8, 4) is 28.8 Å². The van der Waals surface area contributed by atoms with Crippen molar-refractivity contribution in [3.63, 3.8) is 0 Å². The number of aromatic nitrogens is 8. The van der Waals surface area contributed by atoms with E-state index in [1.807, 2.05) is 29.9 Å². The molecule has 0 bridgehead atoms. The number of tetrazole rings is 1. The van der Waals surface area contributed by atoms with Crippen molar-refractivity contribution in [1.29, 1.82) is 5.26 Å².